The summed E-state index contributed by atoms with van der Waals surface area (Å²) >= 11 is 5.82. The van der Waals surface area contributed by atoms with Gasteiger partial charge in [0.05, 0.1) is 23.5 Å². The Hall–Kier alpha value is -2.31. The number of aromatic nitrogens is 4. The summed E-state index contributed by atoms with van der Waals surface area (Å²) in [7, 11) is 1.62. The molecule has 0 spiro atoms. The third-order valence-electron chi connectivity index (χ3n) is 3.40. The number of halogens is 2. The lowest BCUT2D eigenvalue weighted by atomic mass is 10.1. The molecule has 0 saturated carbocycles. The highest BCUT2D eigenvalue weighted by Crippen LogP contribution is 2.24. The first-order chi connectivity index (χ1) is 11.2. The van der Waals surface area contributed by atoms with Gasteiger partial charge < -0.3 is 4.74 Å². The molecule has 0 unspecified atom stereocenters. The molecular weight excluding hydrogens is 319 g/mol. The van der Waals surface area contributed by atoms with Crippen LogP contribution in [0.25, 0.3) is 11.3 Å². The molecule has 0 aliphatic heterocycles. The summed E-state index contributed by atoms with van der Waals surface area (Å²) in [6.07, 6.45) is 3.48. The molecule has 3 aromatic rings. The van der Waals surface area contributed by atoms with Crippen LogP contribution in [0.5, 0.6) is 0 Å². The number of pyridine rings is 1. The molecule has 3 rings (SSSR count). The molecule has 0 aliphatic rings. The molecule has 0 radical (unpaired) electrons. The number of hydrogen-bond donors (Lipinski definition) is 0. The van der Waals surface area contributed by atoms with Crippen LogP contribution < -0.4 is 0 Å². The zero-order chi connectivity index (χ0) is 16.2. The lowest BCUT2D eigenvalue weighted by Gasteiger charge is -2.15. The fraction of sp³-hybridized carbons (Fsp3) is 0.188. The molecule has 0 aliphatic carbocycles. The van der Waals surface area contributed by atoms with Crippen molar-refractivity contribution in [1.29, 1.82) is 0 Å². The molecule has 1 aromatic carbocycles. The van der Waals surface area contributed by atoms with E-state index >= 15 is 0 Å². The van der Waals surface area contributed by atoms with Gasteiger partial charge in [0.25, 0.3) is 0 Å². The lowest BCUT2D eigenvalue weighted by molar-refractivity contribution is 0.162. The van der Waals surface area contributed by atoms with Gasteiger partial charge in [-0.25, -0.2) is 9.07 Å². The second-order valence-electron chi connectivity index (χ2n) is 4.94. The first kappa shape index (κ1) is 15.6. The Kier molecular flexibility index (Phi) is 4.64. The fourth-order valence-electron chi connectivity index (χ4n) is 2.24. The van der Waals surface area contributed by atoms with Crippen LogP contribution in [0.1, 0.15) is 11.7 Å². The van der Waals surface area contributed by atoms with E-state index in [9.17, 15) is 4.39 Å². The van der Waals surface area contributed by atoms with Crippen LogP contribution in [0, 0.1) is 5.82 Å². The third-order valence-corrected chi connectivity index (χ3v) is 3.69. The Morgan fingerprint density at radius 2 is 2.17 bits per heavy atom. The van der Waals surface area contributed by atoms with E-state index < -0.39 is 5.82 Å². The van der Waals surface area contributed by atoms with E-state index in [1.165, 1.54) is 12.1 Å². The molecule has 23 heavy (non-hydrogen) atoms. The van der Waals surface area contributed by atoms with Crippen LogP contribution in [0.15, 0.2) is 48.8 Å². The van der Waals surface area contributed by atoms with Gasteiger partial charge >= 0.3 is 0 Å². The van der Waals surface area contributed by atoms with Gasteiger partial charge in [-0.05, 0) is 30.3 Å². The average molecular weight is 333 g/mol. The van der Waals surface area contributed by atoms with Crippen molar-refractivity contribution in [2.45, 2.75) is 6.04 Å². The summed E-state index contributed by atoms with van der Waals surface area (Å²) in [5.74, 6) is -0.464. The van der Waals surface area contributed by atoms with Gasteiger partial charge in [-0.3, -0.25) is 4.98 Å². The van der Waals surface area contributed by atoms with E-state index in [1.807, 2.05) is 18.2 Å². The highest BCUT2D eigenvalue weighted by molar-refractivity contribution is 6.31. The molecule has 0 amide bonds. The molecule has 0 fully saturated rings. The molecule has 2 heterocycles. The highest BCUT2D eigenvalue weighted by Gasteiger charge is 2.17. The van der Waals surface area contributed by atoms with Gasteiger partial charge in [0, 0.05) is 18.9 Å². The third kappa shape index (κ3) is 3.38. The standard InChI is InChI=1S/C16H14ClFN4O/c1-23-10-16(14-4-2-3-7-19-14)22-9-15(20-21-22)11-5-6-13(18)12(17)8-11/h2-9,16H,10H2,1H3/t16-/m0/s1. The maximum Gasteiger partial charge on any atom is 0.141 e. The quantitative estimate of drug-likeness (QED) is 0.719. The zero-order valence-electron chi connectivity index (χ0n) is 12.4. The summed E-state index contributed by atoms with van der Waals surface area (Å²) in [6.45, 7) is 0.407. The van der Waals surface area contributed by atoms with E-state index in [2.05, 4.69) is 15.3 Å². The Morgan fingerprint density at radius 3 is 2.87 bits per heavy atom. The van der Waals surface area contributed by atoms with Crippen molar-refractivity contribution in [2.75, 3.05) is 13.7 Å². The largest absolute Gasteiger partial charge is 0.382 e. The molecule has 1 atom stereocenters. The Bertz CT molecular complexity index is 794. The number of nitrogens with zero attached hydrogens (tertiary/aromatic N) is 4. The molecule has 0 N–H and O–H groups in total. The normalized spacial score (nSPS) is 12.3. The van der Waals surface area contributed by atoms with Gasteiger partial charge in [0.1, 0.15) is 17.6 Å². The summed E-state index contributed by atoms with van der Waals surface area (Å²) in [5.41, 5.74) is 2.12. The number of rotatable bonds is 5. The van der Waals surface area contributed by atoms with Crippen LogP contribution in [0.4, 0.5) is 4.39 Å². The van der Waals surface area contributed by atoms with Crippen LogP contribution in [-0.4, -0.2) is 33.7 Å². The fourth-order valence-corrected chi connectivity index (χ4v) is 2.43. The molecule has 0 bridgehead atoms. The van der Waals surface area contributed by atoms with Crippen LogP contribution in [-0.2, 0) is 4.74 Å². The predicted molar refractivity (Wildman–Crippen MR) is 84.7 cm³/mol. The van der Waals surface area contributed by atoms with Gasteiger partial charge in [-0.2, -0.15) is 0 Å². The van der Waals surface area contributed by atoms with Gasteiger partial charge in [0.15, 0.2) is 0 Å². The van der Waals surface area contributed by atoms with Crippen LogP contribution in [0.3, 0.4) is 0 Å². The number of methoxy groups -OCH3 is 1. The highest BCUT2D eigenvalue weighted by atomic mass is 35.5. The second kappa shape index (κ2) is 6.85. The Balaban J connectivity index is 1.94. The average Bonchev–Trinajstić information content (AvgIpc) is 3.05. The minimum Gasteiger partial charge on any atom is -0.382 e. The van der Waals surface area contributed by atoms with E-state index in [1.54, 1.807) is 30.3 Å². The van der Waals surface area contributed by atoms with Gasteiger partial charge in [-0.15, -0.1) is 5.10 Å². The monoisotopic (exact) mass is 332 g/mol. The molecule has 7 heteroatoms. The smallest absolute Gasteiger partial charge is 0.141 e. The lowest BCUT2D eigenvalue weighted by Crippen LogP contribution is -2.18. The minimum absolute atomic E-state index is 0.0511. The topological polar surface area (TPSA) is 52.8 Å². The summed E-state index contributed by atoms with van der Waals surface area (Å²) in [5, 5.41) is 8.34. The van der Waals surface area contributed by atoms with Crippen molar-refractivity contribution in [1.82, 2.24) is 20.0 Å². The van der Waals surface area contributed by atoms with Crippen molar-refractivity contribution in [3.8, 4) is 11.3 Å². The molecule has 5 nitrogen and oxygen atoms in total. The maximum absolute atomic E-state index is 13.3. The Labute approximate surface area is 137 Å². The van der Waals surface area contributed by atoms with Gasteiger partial charge in [0.2, 0.25) is 0 Å². The number of ether oxygens (including phenoxy) is 1. The first-order valence-corrected chi connectivity index (χ1v) is 7.34. The van der Waals surface area contributed by atoms with E-state index in [0.29, 0.717) is 17.9 Å². The SMILES string of the molecule is COC[C@@H](c1ccccn1)n1cc(-c2ccc(F)c(Cl)c2)nn1. The summed E-state index contributed by atoms with van der Waals surface area (Å²) in [4.78, 5) is 4.34. The molecular formula is C16H14ClFN4O. The molecule has 2 aromatic heterocycles. The van der Waals surface area contributed by atoms with Crippen molar-refractivity contribution in [3.05, 3.63) is 65.3 Å². The maximum atomic E-state index is 13.3. The van der Waals surface area contributed by atoms with Crippen molar-refractivity contribution < 1.29 is 9.13 Å². The second-order valence-corrected chi connectivity index (χ2v) is 5.35. The van der Waals surface area contributed by atoms with E-state index in [4.69, 9.17) is 16.3 Å². The summed E-state index contributed by atoms with van der Waals surface area (Å²) in [6, 6.07) is 9.91. The van der Waals surface area contributed by atoms with Crippen molar-refractivity contribution >= 4 is 11.6 Å². The van der Waals surface area contributed by atoms with Crippen molar-refractivity contribution in [3.63, 3.8) is 0 Å². The first-order valence-electron chi connectivity index (χ1n) is 6.96. The van der Waals surface area contributed by atoms with Crippen LogP contribution in [0.2, 0.25) is 5.02 Å². The minimum atomic E-state index is -0.464. The van der Waals surface area contributed by atoms with Crippen molar-refractivity contribution in [2.24, 2.45) is 0 Å². The zero-order valence-corrected chi connectivity index (χ0v) is 13.1. The molecule has 118 valence electrons. The molecule has 0 saturated heterocycles. The predicted octanol–water partition coefficient (Wildman–Crippen LogP) is 3.37. The number of hydrogen-bond acceptors (Lipinski definition) is 4. The van der Waals surface area contributed by atoms with E-state index in [-0.39, 0.29) is 11.1 Å². The Morgan fingerprint density at radius 1 is 1.30 bits per heavy atom. The summed E-state index contributed by atoms with van der Waals surface area (Å²) < 4.78 is 20.2. The number of benzene rings is 1. The van der Waals surface area contributed by atoms with Crippen LogP contribution >= 0.6 is 11.6 Å². The van der Waals surface area contributed by atoms with Gasteiger partial charge in [-0.1, -0.05) is 22.9 Å². The van der Waals surface area contributed by atoms with E-state index in [0.717, 1.165) is 5.69 Å².